The third kappa shape index (κ3) is 3.81. The minimum Gasteiger partial charge on any atom is -0.147 e. The number of hydrogen-bond acceptors (Lipinski definition) is 0. The number of benzene rings is 3. The number of hydrogen-bond donors (Lipinski definition) is 0. The highest BCUT2D eigenvalue weighted by Gasteiger charge is 2.43. The van der Waals surface area contributed by atoms with Crippen LogP contribution in [0.2, 0.25) is 0 Å². The van der Waals surface area contributed by atoms with Crippen molar-refractivity contribution in [1.29, 1.82) is 0 Å². The first-order valence-corrected chi connectivity index (χ1v) is 10.6. The summed E-state index contributed by atoms with van der Waals surface area (Å²) in [4.78, 5) is 0. The van der Waals surface area contributed by atoms with Crippen molar-refractivity contribution in [2.45, 2.75) is 27.7 Å². The lowest BCUT2D eigenvalue weighted by Crippen LogP contribution is -2.32. The Hall–Kier alpha value is -1.62. The number of rotatable bonds is 4. The van der Waals surface area contributed by atoms with Crippen molar-refractivity contribution in [3.05, 3.63) is 89.5 Å². The van der Waals surface area contributed by atoms with Crippen molar-refractivity contribution in [3.8, 4) is 0 Å². The molecule has 2 heteroatoms. The summed E-state index contributed by atoms with van der Waals surface area (Å²) in [6, 6.07) is 27.6. The van der Waals surface area contributed by atoms with Gasteiger partial charge in [-0.2, -0.15) is 0 Å². The van der Waals surface area contributed by atoms with Gasteiger partial charge in [0.1, 0.15) is 23.2 Å². The highest BCUT2D eigenvalue weighted by molar-refractivity contribution is 7.95. The van der Waals surface area contributed by atoms with Gasteiger partial charge in [0.15, 0.2) is 0 Å². The summed E-state index contributed by atoms with van der Waals surface area (Å²) in [5, 5.41) is 4.43. The topological polar surface area (TPSA) is 0 Å². The third-order valence-electron chi connectivity index (χ3n) is 4.90. The van der Waals surface area contributed by atoms with Crippen LogP contribution in [0, 0.1) is 20.8 Å². The maximum Gasteiger partial charge on any atom is 0.111 e. The molecule has 0 aromatic heterocycles. The van der Waals surface area contributed by atoms with Gasteiger partial charge in [-0.25, -0.2) is 0 Å². The largest absolute Gasteiger partial charge is 0.147 e. The Balaban J connectivity index is 0.00000225. The third-order valence-corrected chi connectivity index (χ3v) is 9.39. The second-order valence-corrected chi connectivity index (χ2v) is 10.4. The molecule has 0 aliphatic carbocycles. The Morgan fingerprint density at radius 1 is 0.520 bits per heavy atom. The minimum absolute atomic E-state index is 0. The van der Waals surface area contributed by atoms with Crippen LogP contribution < -0.4 is 15.9 Å². The SMILES string of the molecule is CC[P+](c1ccc(C)cc1)(c1ccc(C)cc1)c1ccc(C)cc1.Cl. The van der Waals surface area contributed by atoms with Crippen molar-refractivity contribution in [3.63, 3.8) is 0 Å². The Bertz CT molecular complexity index is 691. The molecule has 0 bridgehead atoms. The van der Waals surface area contributed by atoms with E-state index in [1.165, 1.54) is 32.6 Å². The van der Waals surface area contributed by atoms with Gasteiger partial charge in [0.05, 0.1) is 6.16 Å². The lowest BCUT2D eigenvalue weighted by molar-refractivity contribution is 1.45. The average molecular weight is 370 g/mol. The Morgan fingerprint density at radius 3 is 0.960 bits per heavy atom. The van der Waals surface area contributed by atoms with Crippen molar-refractivity contribution in [2.24, 2.45) is 0 Å². The highest BCUT2D eigenvalue weighted by Crippen LogP contribution is 2.54. The molecule has 0 nitrogen and oxygen atoms in total. The van der Waals surface area contributed by atoms with Crippen LogP contribution in [0.3, 0.4) is 0 Å². The van der Waals surface area contributed by atoms with Gasteiger partial charge in [-0.15, -0.1) is 12.4 Å². The van der Waals surface area contributed by atoms with E-state index in [9.17, 15) is 0 Å². The zero-order valence-corrected chi connectivity index (χ0v) is 17.2. The maximum atomic E-state index is 2.34. The zero-order chi connectivity index (χ0) is 17.2. The van der Waals surface area contributed by atoms with E-state index < -0.39 is 7.26 Å². The number of aryl methyl sites for hydroxylation is 3. The quantitative estimate of drug-likeness (QED) is 0.544. The molecule has 0 amide bonds. The molecule has 130 valence electrons. The maximum absolute atomic E-state index is 2.34. The normalized spacial score (nSPS) is 11.0. The van der Waals surface area contributed by atoms with Crippen molar-refractivity contribution < 1.29 is 0 Å². The first kappa shape index (κ1) is 19.7. The van der Waals surface area contributed by atoms with Gasteiger partial charge in [-0.1, -0.05) is 53.1 Å². The molecular weight excluding hydrogens is 343 g/mol. The lowest BCUT2D eigenvalue weighted by atomic mass is 10.2. The Morgan fingerprint density at radius 2 is 0.760 bits per heavy atom. The van der Waals surface area contributed by atoms with E-state index in [1.54, 1.807) is 0 Å². The Kier molecular flexibility index (Phi) is 6.44. The van der Waals surface area contributed by atoms with E-state index in [2.05, 4.69) is 100 Å². The van der Waals surface area contributed by atoms with E-state index in [0.717, 1.165) is 6.16 Å². The minimum atomic E-state index is -1.59. The van der Waals surface area contributed by atoms with Gasteiger partial charge in [0.2, 0.25) is 0 Å². The van der Waals surface area contributed by atoms with Crippen molar-refractivity contribution in [1.82, 2.24) is 0 Å². The van der Waals surface area contributed by atoms with Gasteiger partial charge in [0.25, 0.3) is 0 Å². The van der Waals surface area contributed by atoms with E-state index in [1.807, 2.05) is 0 Å². The molecule has 0 aliphatic rings. The van der Waals surface area contributed by atoms with Gasteiger partial charge < -0.3 is 0 Å². The van der Waals surface area contributed by atoms with Crippen LogP contribution in [-0.4, -0.2) is 6.16 Å². The molecule has 3 aromatic carbocycles. The fourth-order valence-corrected chi connectivity index (χ4v) is 7.36. The van der Waals surface area contributed by atoms with Crippen LogP contribution in [0.25, 0.3) is 0 Å². The van der Waals surface area contributed by atoms with Gasteiger partial charge in [-0.05, 0) is 64.1 Å². The van der Waals surface area contributed by atoms with Crippen LogP contribution in [0.15, 0.2) is 72.8 Å². The molecule has 0 saturated heterocycles. The molecule has 0 fully saturated rings. The van der Waals surface area contributed by atoms with Crippen LogP contribution in [-0.2, 0) is 0 Å². The molecule has 0 heterocycles. The van der Waals surface area contributed by atoms with Gasteiger partial charge >= 0.3 is 0 Å². The predicted octanol–water partition coefficient (Wildman–Crippen LogP) is 5.35. The van der Waals surface area contributed by atoms with Crippen LogP contribution in [0.5, 0.6) is 0 Å². The van der Waals surface area contributed by atoms with Gasteiger partial charge in [-0.3, -0.25) is 0 Å². The first-order chi connectivity index (χ1) is 11.6. The molecule has 0 N–H and O–H groups in total. The Labute approximate surface area is 159 Å². The summed E-state index contributed by atoms with van der Waals surface area (Å²) in [6.07, 6.45) is 1.14. The fourth-order valence-electron chi connectivity index (χ4n) is 3.39. The summed E-state index contributed by atoms with van der Waals surface area (Å²) in [5.74, 6) is 0. The van der Waals surface area contributed by atoms with E-state index in [-0.39, 0.29) is 12.4 Å². The van der Waals surface area contributed by atoms with Crippen molar-refractivity contribution in [2.75, 3.05) is 6.16 Å². The van der Waals surface area contributed by atoms with E-state index in [0.29, 0.717) is 0 Å². The lowest BCUT2D eigenvalue weighted by Gasteiger charge is -2.26. The molecule has 0 radical (unpaired) electrons. The smallest absolute Gasteiger partial charge is 0.111 e. The fraction of sp³-hybridized carbons (Fsp3) is 0.217. The molecular formula is C23H27ClP+. The molecule has 0 aliphatic heterocycles. The summed E-state index contributed by atoms with van der Waals surface area (Å²) in [6.45, 7) is 8.82. The molecule has 0 spiro atoms. The molecule has 3 aromatic rings. The molecule has 25 heavy (non-hydrogen) atoms. The summed E-state index contributed by atoms with van der Waals surface area (Å²) in [5.41, 5.74) is 3.96. The first-order valence-electron chi connectivity index (χ1n) is 8.66. The van der Waals surface area contributed by atoms with Crippen molar-refractivity contribution >= 4 is 35.6 Å². The zero-order valence-electron chi connectivity index (χ0n) is 15.5. The molecule has 3 rings (SSSR count). The second kappa shape index (κ2) is 8.17. The monoisotopic (exact) mass is 369 g/mol. The van der Waals surface area contributed by atoms with Crippen LogP contribution in [0.4, 0.5) is 0 Å². The molecule has 0 unspecified atom stereocenters. The molecule has 0 atom stereocenters. The van der Waals surface area contributed by atoms with Crippen LogP contribution >= 0.6 is 19.7 Å². The van der Waals surface area contributed by atoms with Gasteiger partial charge in [0, 0.05) is 0 Å². The summed E-state index contributed by atoms with van der Waals surface area (Å²) in [7, 11) is -1.59. The number of halogens is 1. The predicted molar refractivity (Wildman–Crippen MR) is 117 cm³/mol. The van der Waals surface area contributed by atoms with E-state index in [4.69, 9.17) is 0 Å². The highest BCUT2D eigenvalue weighted by atomic mass is 35.5. The summed E-state index contributed by atoms with van der Waals surface area (Å²) >= 11 is 0. The van der Waals surface area contributed by atoms with Crippen LogP contribution in [0.1, 0.15) is 23.6 Å². The molecule has 0 saturated carbocycles. The summed E-state index contributed by atoms with van der Waals surface area (Å²) < 4.78 is 0. The second-order valence-electron chi connectivity index (χ2n) is 6.63. The standard InChI is InChI=1S/C23H26P.ClH/c1-5-24(21-12-6-18(2)7-13-21,22-14-8-19(3)9-15-22)23-16-10-20(4)11-17-23;/h6-17H,5H2,1-4H3;1H/q+1;. The average Bonchev–Trinajstić information content (AvgIpc) is 2.60. The van der Waals surface area contributed by atoms with E-state index >= 15 is 0 Å².